The van der Waals surface area contributed by atoms with E-state index in [1.54, 1.807) is 30.7 Å². The van der Waals surface area contributed by atoms with E-state index in [2.05, 4.69) is 20.3 Å². The number of likely N-dealkylation sites (tertiary alicyclic amines) is 1. The second-order valence-electron chi connectivity index (χ2n) is 6.30. The van der Waals surface area contributed by atoms with Crippen molar-refractivity contribution in [2.24, 2.45) is 0 Å². The monoisotopic (exact) mass is 325 g/mol. The molecule has 2 saturated heterocycles. The molecule has 4 rings (SSSR count). The zero-order chi connectivity index (χ0) is 16.4. The Morgan fingerprint density at radius 1 is 1.21 bits per heavy atom. The fourth-order valence-corrected chi connectivity index (χ4v) is 3.45. The number of anilines is 1. The number of nitrogens with zero attached hydrogens (tertiary/aromatic N) is 4. The third kappa shape index (κ3) is 2.94. The van der Waals surface area contributed by atoms with Crippen LogP contribution in [0.2, 0.25) is 0 Å². The lowest BCUT2D eigenvalue weighted by molar-refractivity contribution is 0.0124. The van der Waals surface area contributed by atoms with E-state index in [9.17, 15) is 4.79 Å². The van der Waals surface area contributed by atoms with E-state index < -0.39 is 0 Å². The summed E-state index contributed by atoms with van der Waals surface area (Å²) < 4.78 is 6.07. The van der Waals surface area contributed by atoms with Crippen LogP contribution in [-0.2, 0) is 4.74 Å². The molecule has 0 aliphatic carbocycles. The van der Waals surface area contributed by atoms with E-state index in [1.165, 1.54) is 0 Å². The smallest absolute Gasteiger partial charge is 0.272 e. The van der Waals surface area contributed by atoms with E-state index >= 15 is 0 Å². The minimum atomic E-state index is -0.267. The third-order valence-corrected chi connectivity index (χ3v) is 4.60. The molecule has 2 aromatic heterocycles. The summed E-state index contributed by atoms with van der Waals surface area (Å²) in [5, 5.41) is 3.30. The molecular weight excluding hydrogens is 306 g/mol. The van der Waals surface area contributed by atoms with Gasteiger partial charge in [0.05, 0.1) is 24.8 Å². The van der Waals surface area contributed by atoms with Crippen LogP contribution >= 0.6 is 0 Å². The molecule has 24 heavy (non-hydrogen) atoms. The van der Waals surface area contributed by atoms with Gasteiger partial charge in [-0.05, 0) is 24.6 Å². The summed E-state index contributed by atoms with van der Waals surface area (Å²) in [5.74, 6) is 0.585. The number of amides is 1. The van der Waals surface area contributed by atoms with Gasteiger partial charge in [-0.1, -0.05) is 6.07 Å². The Kier molecular flexibility index (Phi) is 3.86. The van der Waals surface area contributed by atoms with Crippen LogP contribution in [0.25, 0.3) is 0 Å². The van der Waals surface area contributed by atoms with Crippen LogP contribution < -0.4 is 5.32 Å². The first-order valence-electron chi connectivity index (χ1n) is 8.12. The zero-order valence-electron chi connectivity index (χ0n) is 13.3. The second-order valence-corrected chi connectivity index (χ2v) is 6.30. The van der Waals surface area contributed by atoms with Crippen LogP contribution in [0.5, 0.6) is 0 Å². The first-order valence-corrected chi connectivity index (χ1v) is 8.12. The van der Waals surface area contributed by atoms with Crippen molar-refractivity contribution in [3.63, 3.8) is 0 Å². The van der Waals surface area contributed by atoms with Gasteiger partial charge in [0.25, 0.3) is 5.91 Å². The highest BCUT2D eigenvalue weighted by atomic mass is 16.5. The maximum Gasteiger partial charge on any atom is 0.272 e. The summed E-state index contributed by atoms with van der Waals surface area (Å²) in [4.78, 5) is 26.9. The maximum absolute atomic E-state index is 12.5. The van der Waals surface area contributed by atoms with E-state index in [0.29, 0.717) is 31.3 Å². The number of nitrogens with one attached hydrogen (secondary N) is 1. The highest BCUT2D eigenvalue weighted by Crippen LogP contribution is 2.36. The topological polar surface area (TPSA) is 80.2 Å². The first-order chi connectivity index (χ1) is 11.7. The number of carbonyl (C=O) groups is 1. The predicted octanol–water partition coefficient (Wildman–Crippen LogP) is 1.36. The Labute approximate surface area is 140 Å². The fraction of sp³-hybridized carbons (Fsp3) is 0.412. The number of hydrogen-bond donors (Lipinski definition) is 1. The quantitative estimate of drug-likeness (QED) is 0.918. The Bertz CT molecular complexity index is 711. The van der Waals surface area contributed by atoms with Gasteiger partial charge < -0.3 is 15.0 Å². The van der Waals surface area contributed by atoms with Gasteiger partial charge >= 0.3 is 0 Å². The molecule has 1 amide bonds. The standard InChI is InChI=1S/C17H19N5O2/c23-15(14-4-1-2-6-18-14)22-9-5-17(12-22)10-13(11-24-17)21-16-19-7-3-8-20-16/h1-4,6-8,13H,5,9-12H2,(H,19,20,21)/t13-,17-/m1/s1. The average Bonchev–Trinajstić information content (AvgIpc) is 3.23. The molecule has 2 aromatic rings. The van der Waals surface area contributed by atoms with Gasteiger partial charge in [-0.15, -0.1) is 0 Å². The van der Waals surface area contributed by atoms with Crippen molar-refractivity contribution in [2.75, 3.05) is 25.0 Å². The predicted molar refractivity (Wildman–Crippen MR) is 87.5 cm³/mol. The molecule has 2 atom stereocenters. The van der Waals surface area contributed by atoms with E-state index in [-0.39, 0.29) is 17.6 Å². The number of pyridine rings is 1. The molecule has 4 heterocycles. The molecule has 2 aliphatic rings. The lowest BCUT2D eigenvalue weighted by Crippen LogP contribution is -2.36. The number of rotatable bonds is 3. The van der Waals surface area contributed by atoms with Gasteiger partial charge in [-0.3, -0.25) is 9.78 Å². The van der Waals surface area contributed by atoms with Crippen LogP contribution in [0.15, 0.2) is 42.9 Å². The van der Waals surface area contributed by atoms with Crippen LogP contribution in [0.3, 0.4) is 0 Å². The highest BCUT2D eigenvalue weighted by molar-refractivity contribution is 5.92. The molecule has 7 nitrogen and oxygen atoms in total. The van der Waals surface area contributed by atoms with Gasteiger partial charge in [-0.25, -0.2) is 9.97 Å². The lowest BCUT2D eigenvalue weighted by atomic mass is 9.97. The maximum atomic E-state index is 12.5. The van der Waals surface area contributed by atoms with Crippen LogP contribution in [0.1, 0.15) is 23.3 Å². The summed E-state index contributed by atoms with van der Waals surface area (Å²) in [5.41, 5.74) is 0.219. The Hall–Kier alpha value is -2.54. The van der Waals surface area contributed by atoms with Gasteiger partial charge in [0.1, 0.15) is 5.69 Å². The molecular formula is C17H19N5O2. The van der Waals surface area contributed by atoms with E-state index in [0.717, 1.165) is 12.8 Å². The van der Waals surface area contributed by atoms with Crippen molar-refractivity contribution in [3.8, 4) is 0 Å². The lowest BCUT2D eigenvalue weighted by Gasteiger charge is -2.23. The molecule has 124 valence electrons. The summed E-state index contributed by atoms with van der Waals surface area (Å²) in [7, 11) is 0. The SMILES string of the molecule is O=C(c1ccccn1)N1CC[C@@]2(C[C@@H](Nc3ncccn3)CO2)C1. The highest BCUT2D eigenvalue weighted by Gasteiger charge is 2.47. The van der Waals surface area contributed by atoms with Crippen LogP contribution in [0.4, 0.5) is 5.95 Å². The van der Waals surface area contributed by atoms with Crippen molar-refractivity contribution < 1.29 is 9.53 Å². The Morgan fingerprint density at radius 3 is 2.83 bits per heavy atom. The molecule has 0 radical (unpaired) electrons. The average molecular weight is 325 g/mol. The molecule has 1 spiro atoms. The molecule has 0 bridgehead atoms. The minimum Gasteiger partial charge on any atom is -0.371 e. The molecule has 0 saturated carbocycles. The normalized spacial score (nSPS) is 26.0. The van der Waals surface area contributed by atoms with E-state index in [4.69, 9.17) is 4.74 Å². The molecule has 0 aromatic carbocycles. The zero-order valence-corrected chi connectivity index (χ0v) is 13.3. The number of hydrogen-bond acceptors (Lipinski definition) is 6. The van der Waals surface area contributed by atoms with Gasteiger partial charge in [0.15, 0.2) is 0 Å². The third-order valence-electron chi connectivity index (χ3n) is 4.60. The van der Waals surface area contributed by atoms with Crippen molar-refractivity contribution >= 4 is 11.9 Å². The largest absolute Gasteiger partial charge is 0.371 e. The molecule has 2 fully saturated rings. The number of aromatic nitrogens is 3. The van der Waals surface area contributed by atoms with E-state index in [1.807, 2.05) is 17.0 Å². The van der Waals surface area contributed by atoms with Gasteiger partial charge in [-0.2, -0.15) is 0 Å². The van der Waals surface area contributed by atoms with Crippen molar-refractivity contribution in [2.45, 2.75) is 24.5 Å². The molecule has 7 heteroatoms. The number of carbonyl (C=O) groups excluding carboxylic acids is 1. The summed E-state index contributed by atoms with van der Waals surface area (Å²) in [6.07, 6.45) is 6.76. The van der Waals surface area contributed by atoms with Crippen molar-refractivity contribution in [3.05, 3.63) is 48.5 Å². The Morgan fingerprint density at radius 2 is 2.04 bits per heavy atom. The summed E-state index contributed by atoms with van der Waals surface area (Å²) in [6, 6.07) is 7.34. The van der Waals surface area contributed by atoms with Crippen molar-refractivity contribution in [1.82, 2.24) is 19.9 Å². The van der Waals surface area contributed by atoms with Gasteiger partial charge in [0.2, 0.25) is 5.95 Å². The molecule has 2 aliphatic heterocycles. The fourth-order valence-electron chi connectivity index (χ4n) is 3.45. The minimum absolute atomic E-state index is 0.0288. The van der Waals surface area contributed by atoms with Gasteiger partial charge in [0, 0.05) is 31.6 Å². The molecule has 1 N–H and O–H groups in total. The van der Waals surface area contributed by atoms with Crippen LogP contribution in [-0.4, -0.2) is 57.1 Å². The molecule has 0 unspecified atom stereocenters. The number of ether oxygens (including phenoxy) is 1. The summed E-state index contributed by atoms with van der Waals surface area (Å²) in [6.45, 7) is 1.91. The Balaban J connectivity index is 1.39. The first kappa shape index (κ1) is 15.0. The second kappa shape index (κ2) is 6.16. The van der Waals surface area contributed by atoms with Crippen molar-refractivity contribution in [1.29, 1.82) is 0 Å². The van der Waals surface area contributed by atoms with Crippen LogP contribution in [0, 0.1) is 0 Å². The summed E-state index contributed by atoms with van der Waals surface area (Å²) >= 11 is 0.